The molecule has 1 amide bonds. The summed E-state index contributed by atoms with van der Waals surface area (Å²) in [5.41, 5.74) is 2.19. The van der Waals surface area contributed by atoms with Gasteiger partial charge >= 0.3 is 0 Å². The average molecular weight is 314 g/mol. The van der Waals surface area contributed by atoms with E-state index in [1.807, 2.05) is 17.0 Å². The second-order valence-corrected chi connectivity index (χ2v) is 6.36. The Bertz CT molecular complexity index is 654. The lowest BCUT2D eigenvalue weighted by molar-refractivity contribution is -0.130. The number of nitrogens with zero attached hydrogens (tertiary/aromatic N) is 1. The van der Waals surface area contributed by atoms with Crippen molar-refractivity contribution < 1.29 is 9.53 Å². The molecule has 4 nitrogen and oxygen atoms in total. The highest BCUT2D eigenvalue weighted by molar-refractivity contribution is 8.05. The molecule has 0 aromatic heterocycles. The Labute approximate surface area is 134 Å². The predicted molar refractivity (Wildman–Crippen MR) is 88.1 cm³/mol. The van der Waals surface area contributed by atoms with Gasteiger partial charge in [0.2, 0.25) is 0 Å². The standard InChI is InChI=1S/C17H18N2O2S/c1-13-3-2-4-14(11-13)5-6-16-18-12-15(22-16)17(20)19-7-9-21-10-8-19/h2-4,11-12,16,18H,7-10H2,1H3. The van der Waals surface area contributed by atoms with E-state index in [2.05, 4.69) is 36.2 Å². The van der Waals surface area contributed by atoms with Crippen molar-refractivity contribution in [1.29, 1.82) is 0 Å². The fraction of sp³-hybridized carbons (Fsp3) is 0.353. The molecule has 1 N–H and O–H groups in total. The van der Waals surface area contributed by atoms with Gasteiger partial charge in [0.25, 0.3) is 5.91 Å². The summed E-state index contributed by atoms with van der Waals surface area (Å²) in [6.45, 7) is 4.61. The maximum atomic E-state index is 12.4. The van der Waals surface area contributed by atoms with E-state index in [0.29, 0.717) is 26.3 Å². The lowest BCUT2D eigenvalue weighted by Crippen LogP contribution is -2.40. The molecular formula is C17H18N2O2S. The van der Waals surface area contributed by atoms with E-state index in [4.69, 9.17) is 4.74 Å². The first-order chi connectivity index (χ1) is 10.7. The number of hydrogen-bond donors (Lipinski definition) is 1. The molecule has 0 saturated carbocycles. The van der Waals surface area contributed by atoms with Gasteiger partial charge in [-0.1, -0.05) is 35.7 Å². The number of benzene rings is 1. The van der Waals surface area contributed by atoms with Crippen molar-refractivity contribution in [2.24, 2.45) is 0 Å². The molecule has 5 heteroatoms. The van der Waals surface area contributed by atoms with Crippen molar-refractivity contribution in [1.82, 2.24) is 10.2 Å². The maximum Gasteiger partial charge on any atom is 0.262 e. The van der Waals surface area contributed by atoms with Gasteiger partial charge in [0.05, 0.1) is 18.1 Å². The van der Waals surface area contributed by atoms with Crippen molar-refractivity contribution in [3.05, 3.63) is 46.5 Å². The molecule has 2 heterocycles. The monoisotopic (exact) mass is 314 g/mol. The second kappa shape index (κ2) is 6.91. The highest BCUT2D eigenvalue weighted by Gasteiger charge is 2.26. The summed E-state index contributed by atoms with van der Waals surface area (Å²) >= 11 is 1.48. The summed E-state index contributed by atoms with van der Waals surface area (Å²) in [5.74, 6) is 6.39. The number of aryl methyl sites for hydroxylation is 1. The molecule has 1 fully saturated rings. The van der Waals surface area contributed by atoms with E-state index in [1.54, 1.807) is 6.20 Å². The number of amides is 1. The van der Waals surface area contributed by atoms with E-state index >= 15 is 0 Å². The summed E-state index contributed by atoms with van der Waals surface area (Å²) in [7, 11) is 0. The smallest absolute Gasteiger partial charge is 0.262 e. The van der Waals surface area contributed by atoms with Crippen LogP contribution in [0.15, 0.2) is 35.4 Å². The minimum Gasteiger partial charge on any atom is -0.378 e. The molecule has 2 aliphatic heterocycles. The summed E-state index contributed by atoms with van der Waals surface area (Å²) in [4.78, 5) is 14.9. The molecule has 1 atom stereocenters. The largest absolute Gasteiger partial charge is 0.378 e. The SMILES string of the molecule is Cc1cccc(C#CC2NC=C(C(=O)N3CCOCC3)S2)c1. The molecule has 1 aromatic carbocycles. The van der Waals surface area contributed by atoms with Gasteiger partial charge in [0.15, 0.2) is 0 Å². The van der Waals surface area contributed by atoms with E-state index in [0.717, 1.165) is 10.5 Å². The van der Waals surface area contributed by atoms with Gasteiger partial charge in [-0.25, -0.2) is 0 Å². The average Bonchev–Trinajstić information content (AvgIpc) is 3.02. The maximum absolute atomic E-state index is 12.4. The van der Waals surface area contributed by atoms with Crippen LogP contribution in [0.3, 0.4) is 0 Å². The minimum absolute atomic E-state index is 0.0690. The van der Waals surface area contributed by atoms with Crippen LogP contribution in [0.1, 0.15) is 11.1 Å². The van der Waals surface area contributed by atoms with Crippen LogP contribution < -0.4 is 5.32 Å². The number of hydrogen-bond acceptors (Lipinski definition) is 4. The zero-order valence-corrected chi connectivity index (χ0v) is 13.3. The van der Waals surface area contributed by atoms with Crippen molar-refractivity contribution in [3.63, 3.8) is 0 Å². The fourth-order valence-corrected chi connectivity index (χ4v) is 3.20. The van der Waals surface area contributed by atoms with Gasteiger partial charge in [0.1, 0.15) is 5.37 Å². The Morgan fingerprint density at radius 2 is 2.23 bits per heavy atom. The Kier molecular flexibility index (Phi) is 4.71. The Hall–Kier alpha value is -1.90. The van der Waals surface area contributed by atoms with Crippen LogP contribution in [-0.4, -0.2) is 42.5 Å². The number of carbonyl (C=O) groups excluding carboxylic acids is 1. The van der Waals surface area contributed by atoms with Gasteiger partial charge < -0.3 is 15.0 Å². The molecule has 1 aromatic rings. The van der Waals surface area contributed by atoms with Crippen LogP contribution in [0.5, 0.6) is 0 Å². The highest BCUT2D eigenvalue weighted by Crippen LogP contribution is 2.27. The lowest BCUT2D eigenvalue weighted by atomic mass is 10.1. The summed E-state index contributed by atoms with van der Waals surface area (Å²) in [6, 6.07) is 8.10. The van der Waals surface area contributed by atoms with E-state index in [1.165, 1.54) is 17.3 Å². The van der Waals surface area contributed by atoms with Gasteiger partial charge in [-0.3, -0.25) is 4.79 Å². The summed E-state index contributed by atoms with van der Waals surface area (Å²) in [6.07, 6.45) is 1.78. The number of rotatable bonds is 1. The molecule has 0 bridgehead atoms. The fourth-order valence-electron chi connectivity index (χ4n) is 2.32. The number of morpholine rings is 1. The Morgan fingerprint density at radius 3 is 3.00 bits per heavy atom. The first-order valence-electron chi connectivity index (χ1n) is 7.30. The van der Waals surface area contributed by atoms with Gasteiger partial charge in [-0.2, -0.15) is 0 Å². The zero-order chi connectivity index (χ0) is 15.4. The molecule has 2 aliphatic rings. The molecular weight excluding hydrogens is 296 g/mol. The number of nitrogens with one attached hydrogen (secondary N) is 1. The van der Waals surface area contributed by atoms with E-state index < -0.39 is 0 Å². The summed E-state index contributed by atoms with van der Waals surface area (Å²) in [5, 5.41) is 3.09. The van der Waals surface area contributed by atoms with Gasteiger partial charge in [-0.15, -0.1) is 0 Å². The first-order valence-corrected chi connectivity index (χ1v) is 8.18. The third-order valence-corrected chi connectivity index (χ3v) is 4.52. The van der Waals surface area contributed by atoms with E-state index in [-0.39, 0.29) is 11.3 Å². The van der Waals surface area contributed by atoms with Crippen molar-refractivity contribution in [2.75, 3.05) is 26.3 Å². The molecule has 1 saturated heterocycles. The predicted octanol–water partition coefficient (Wildman–Crippen LogP) is 1.71. The third-order valence-electron chi connectivity index (χ3n) is 3.49. The molecule has 3 rings (SSSR count). The normalized spacial score (nSPS) is 20.7. The topological polar surface area (TPSA) is 41.6 Å². The van der Waals surface area contributed by atoms with Gasteiger partial charge in [-0.05, 0) is 24.6 Å². The molecule has 1 unspecified atom stereocenters. The number of thioether (sulfide) groups is 1. The van der Waals surface area contributed by atoms with Crippen LogP contribution >= 0.6 is 11.8 Å². The lowest BCUT2D eigenvalue weighted by Gasteiger charge is -2.26. The molecule has 114 valence electrons. The quantitative estimate of drug-likeness (QED) is 0.801. The highest BCUT2D eigenvalue weighted by atomic mass is 32.2. The second-order valence-electron chi connectivity index (χ2n) is 5.22. The van der Waals surface area contributed by atoms with Crippen LogP contribution in [0, 0.1) is 18.8 Å². The molecule has 22 heavy (non-hydrogen) atoms. The van der Waals surface area contributed by atoms with Crippen LogP contribution in [-0.2, 0) is 9.53 Å². The first kappa shape index (κ1) is 15.0. The third kappa shape index (κ3) is 3.65. The molecule has 0 aliphatic carbocycles. The van der Waals surface area contributed by atoms with Crippen LogP contribution in [0.4, 0.5) is 0 Å². The number of ether oxygens (including phenoxy) is 1. The van der Waals surface area contributed by atoms with Crippen LogP contribution in [0.25, 0.3) is 0 Å². The van der Waals surface area contributed by atoms with Crippen molar-refractivity contribution in [3.8, 4) is 11.8 Å². The Balaban J connectivity index is 1.59. The van der Waals surface area contributed by atoms with Crippen molar-refractivity contribution in [2.45, 2.75) is 12.3 Å². The van der Waals surface area contributed by atoms with Crippen molar-refractivity contribution >= 4 is 17.7 Å². The summed E-state index contributed by atoms with van der Waals surface area (Å²) < 4.78 is 5.27. The van der Waals surface area contributed by atoms with Crippen LogP contribution in [0.2, 0.25) is 0 Å². The molecule has 0 spiro atoms. The van der Waals surface area contributed by atoms with Gasteiger partial charge in [0, 0.05) is 24.9 Å². The Morgan fingerprint density at radius 1 is 1.41 bits per heavy atom. The zero-order valence-electron chi connectivity index (χ0n) is 12.5. The molecule has 0 radical (unpaired) electrons. The van der Waals surface area contributed by atoms with E-state index in [9.17, 15) is 4.79 Å². The minimum atomic E-state index is -0.0690. The number of carbonyl (C=O) groups is 1.